The first kappa shape index (κ1) is 18.3. The lowest BCUT2D eigenvalue weighted by atomic mass is 10.1. The van der Waals surface area contributed by atoms with Crippen molar-refractivity contribution in [2.24, 2.45) is 0 Å². The Labute approximate surface area is 152 Å². The minimum absolute atomic E-state index is 0.0339. The molecule has 4 nitrogen and oxygen atoms in total. The average Bonchev–Trinajstić information content (AvgIpc) is 2.63. The second-order valence-electron chi connectivity index (χ2n) is 5.78. The van der Waals surface area contributed by atoms with E-state index < -0.39 is 34.8 Å². The third-order valence-corrected chi connectivity index (χ3v) is 4.60. The van der Waals surface area contributed by atoms with Crippen LogP contribution in [0.25, 0.3) is 0 Å². The summed E-state index contributed by atoms with van der Waals surface area (Å²) in [6.45, 7) is 0.498. The molecule has 0 saturated carbocycles. The number of hydrogen-bond donors (Lipinski definition) is 0. The number of benzene rings is 2. The molecule has 0 aromatic heterocycles. The Bertz CT molecular complexity index is 847. The van der Waals surface area contributed by atoms with Crippen LogP contribution in [-0.4, -0.2) is 47.8 Å². The van der Waals surface area contributed by atoms with Crippen molar-refractivity contribution in [3.63, 3.8) is 0 Å². The van der Waals surface area contributed by atoms with Crippen molar-refractivity contribution >= 4 is 23.4 Å². The molecule has 0 spiro atoms. The van der Waals surface area contributed by atoms with E-state index in [0.29, 0.717) is 0 Å². The van der Waals surface area contributed by atoms with Gasteiger partial charge in [-0.15, -0.1) is 0 Å². The maximum atomic E-state index is 13.8. The number of piperazine rings is 1. The smallest absolute Gasteiger partial charge is 0.259 e. The van der Waals surface area contributed by atoms with Crippen molar-refractivity contribution in [2.75, 3.05) is 26.2 Å². The largest absolute Gasteiger partial charge is 0.335 e. The van der Waals surface area contributed by atoms with Crippen molar-refractivity contribution in [1.82, 2.24) is 9.80 Å². The normalized spacial score (nSPS) is 14.5. The summed E-state index contributed by atoms with van der Waals surface area (Å²) in [5.74, 6) is -3.78. The van der Waals surface area contributed by atoms with E-state index in [0.717, 1.165) is 18.2 Å². The standard InChI is InChI=1S/C18H14ClF3N2O2/c19-16-11(3-1-6-14(16)22)17(25)23-7-9-24(10-8-23)18(26)15-12(20)4-2-5-13(15)21/h1-6H,7-10H2. The lowest BCUT2D eigenvalue weighted by Crippen LogP contribution is -2.51. The Kier molecular flexibility index (Phi) is 5.18. The Morgan fingerprint density at radius 2 is 1.23 bits per heavy atom. The van der Waals surface area contributed by atoms with E-state index >= 15 is 0 Å². The molecule has 0 aliphatic carbocycles. The van der Waals surface area contributed by atoms with Gasteiger partial charge in [-0.1, -0.05) is 23.7 Å². The average molecular weight is 383 g/mol. The van der Waals surface area contributed by atoms with Gasteiger partial charge in [0.05, 0.1) is 10.6 Å². The van der Waals surface area contributed by atoms with E-state index in [-0.39, 0.29) is 36.8 Å². The van der Waals surface area contributed by atoms with Crippen molar-refractivity contribution in [3.8, 4) is 0 Å². The van der Waals surface area contributed by atoms with Crippen LogP contribution in [0, 0.1) is 17.5 Å². The maximum Gasteiger partial charge on any atom is 0.259 e. The predicted molar refractivity (Wildman–Crippen MR) is 89.6 cm³/mol. The van der Waals surface area contributed by atoms with E-state index in [2.05, 4.69) is 0 Å². The van der Waals surface area contributed by atoms with E-state index in [1.165, 1.54) is 28.0 Å². The van der Waals surface area contributed by atoms with Crippen molar-refractivity contribution in [3.05, 3.63) is 70.0 Å². The molecule has 0 unspecified atom stereocenters. The van der Waals surface area contributed by atoms with Crippen LogP contribution in [0.5, 0.6) is 0 Å². The summed E-state index contributed by atoms with van der Waals surface area (Å²) in [7, 11) is 0. The Balaban J connectivity index is 1.70. The molecule has 0 bridgehead atoms. The van der Waals surface area contributed by atoms with Crippen LogP contribution in [0.3, 0.4) is 0 Å². The van der Waals surface area contributed by atoms with Crippen molar-refractivity contribution in [2.45, 2.75) is 0 Å². The van der Waals surface area contributed by atoms with Crippen molar-refractivity contribution < 1.29 is 22.8 Å². The molecule has 0 atom stereocenters. The minimum Gasteiger partial charge on any atom is -0.335 e. The minimum atomic E-state index is -0.931. The molecule has 2 aromatic carbocycles. The van der Waals surface area contributed by atoms with Crippen molar-refractivity contribution in [1.29, 1.82) is 0 Å². The Morgan fingerprint density at radius 3 is 1.81 bits per heavy atom. The molecular formula is C18H14ClF3N2O2. The van der Waals surface area contributed by atoms with E-state index in [9.17, 15) is 22.8 Å². The summed E-state index contributed by atoms with van der Waals surface area (Å²) in [6.07, 6.45) is 0. The zero-order valence-corrected chi connectivity index (χ0v) is 14.3. The molecule has 0 radical (unpaired) electrons. The second kappa shape index (κ2) is 7.37. The molecule has 1 aliphatic heterocycles. The van der Waals surface area contributed by atoms with Gasteiger partial charge in [0.15, 0.2) is 0 Å². The molecule has 2 aromatic rings. The number of amides is 2. The number of carbonyl (C=O) groups is 2. The van der Waals surface area contributed by atoms with Crippen LogP contribution in [0.1, 0.15) is 20.7 Å². The first-order valence-corrected chi connectivity index (χ1v) is 8.24. The summed E-state index contributed by atoms with van der Waals surface area (Å²) >= 11 is 5.83. The van der Waals surface area contributed by atoms with Crippen LogP contribution >= 0.6 is 11.6 Å². The third-order valence-electron chi connectivity index (χ3n) is 4.21. The molecule has 136 valence electrons. The quantitative estimate of drug-likeness (QED) is 0.799. The van der Waals surface area contributed by atoms with Gasteiger partial charge in [0.25, 0.3) is 11.8 Å². The van der Waals surface area contributed by atoms with Crippen LogP contribution in [0.15, 0.2) is 36.4 Å². The number of halogens is 4. The first-order chi connectivity index (χ1) is 12.4. The van der Waals surface area contributed by atoms with Gasteiger partial charge >= 0.3 is 0 Å². The molecule has 0 N–H and O–H groups in total. The molecule has 26 heavy (non-hydrogen) atoms. The maximum absolute atomic E-state index is 13.8. The molecule has 2 amide bonds. The number of rotatable bonds is 2. The lowest BCUT2D eigenvalue weighted by Gasteiger charge is -2.35. The predicted octanol–water partition coefficient (Wildman–Crippen LogP) is 3.36. The van der Waals surface area contributed by atoms with Gasteiger partial charge in [-0.05, 0) is 24.3 Å². The number of hydrogen-bond acceptors (Lipinski definition) is 2. The summed E-state index contributed by atoms with van der Waals surface area (Å²) in [5.41, 5.74) is -0.577. The van der Waals surface area contributed by atoms with Gasteiger partial charge in [0, 0.05) is 26.2 Å². The van der Waals surface area contributed by atoms with Crippen LogP contribution in [-0.2, 0) is 0 Å². The summed E-state index contributed by atoms with van der Waals surface area (Å²) in [5, 5.41) is -0.260. The Hall–Kier alpha value is -2.54. The summed E-state index contributed by atoms with van der Waals surface area (Å²) in [4.78, 5) is 27.5. The van der Waals surface area contributed by atoms with Gasteiger partial charge in [-0.25, -0.2) is 13.2 Å². The Morgan fingerprint density at radius 1 is 0.769 bits per heavy atom. The molecule has 1 saturated heterocycles. The summed E-state index contributed by atoms with van der Waals surface area (Å²) < 4.78 is 41.0. The highest BCUT2D eigenvalue weighted by atomic mass is 35.5. The van der Waals surface area contributed by atoms with E-state index in [1.54, 1.807) is 0 Å². The number of nitrogens with zero attached hydrogens (tertiary/aromatic N) is 2. The van der Waals surface area contributed by atoms with E-state index in [1.807, 2.05) is 0 Å². The van der Waals surface area contributed by atoms with Crippen LogP contribution in [0.4, 0.5) is 13.2 Å². The van der Waals surface area contributed by atoms with Crippen LogP contribution in [0.2, 0.25) is 5.02 Å². The van der Waals surface area contributed by atoms with Gasteiger partial charge in [-0.3, -0.25) is 9.59 Å². The molecule has 1 aliphatic rings. The summed E-state index contributed by atoms with van der Waals surface area (Å²) in [6, 6.07) is 7.17. The SMILES string of the molecule is O=C(c1cccc(F)c1Cl)N1CCN(C(=O)c2c(F)cccc2F)CC1. The first-order valence-electron chi connectivity index (χ1n) is 7.86. The highest BCUT2D eigenvalue weighted by Crippen LogP contribution is 2.22. The van der Waals surface area contributed by atoms with E-state index in [4.69, 9.17) is 11.6 Å². The monoisotopic (exact) mass is 382 g/mol. The topological polar surface area (TPSA) is 40.6 Å². The zero-order valence-electron chi connectivity index (χ0n) is 13.5. The highest BCUT2D eigenvalue weighted by Gasteiger charge is 2.29. The molecule has 1 heterocycles. The molecule has 3 rings (SSSR count). The van der Waals surface area contributed by atoms with Gasteiger partial charge in [0.2, 0.25) is 0 Å². The number of carbonyl (C=O) groups excluding carboxylic acids is 2. The third kappa shape index (κ3) is 3.39. The lowest BCUT2D eigenvalue weighted by molar-refractivity contribution is 0.0529. The fourth-order valence-electron chi connectivity index (χ4n) is 2.81. The fourth-order valence-corrected chi connectivity index (χ4v) is 3.02. The van der Waals surface area contributed by atoms with Gasteiger partial charge < -0.3 is 9.80 Å². The molecule has 1 fully saturated rings. The molecule has 8 heteroatoms. The molecular weight excluding hydrogens is 369 g/mol. The fraction of sp³-hybridized carbons (Fsp3) is 0.222. The van der Waals surface area contributed by atoms with Crippen LogP contribution < -0.4 is 0 Å². The van der Waals surface area contributed by atoms with Gasteiger partial charge in [-0.2, -0.15) is 0 Å². The highest BCUT2D eigenvalue weighted by molar-refractivity contribution is 6.34. The van der Waals surface area contributed by atoms with Gasteiger partial charge in [0.1, 0.15) is 23.0 Å². The zero-order chi connectivity index (χ0) is 18.8. The second-order valence-corrected chi connectivity index (χ2v) is 6.16.